The molecule has 13 heavy (non-hydrogen) atoms. The predicted molar refractivity (Wildman–Crippen MR) is 58.8 cm³/mol. The van der Waals surface area contributed by atoms with Crippen molar-refractivity contribution in [3.8, 4) is 0 Å². The molecule has 0 bridgehead atoms. The summed E-state index contributed by atoms with van der Waals surface area (Å²) in [6.45, 7) is 4.59. The van der Waals surface area contributed by atoms with Gasteiger partial charge in [-0.1, -0.05) is 0 Å². The molecular formula is C8H21CaO3P. The van der Waals surface area contributed by atoms with Crippen LogP contribution in [0.1, 0.15) is 39.5 Å². The molecule has 0 spiro atoms. The Morgan fingerprint density at radius 1 is 0.923 bits per heavy atom. The van der Waals surface area contributed by atoms with Gasteiger partial charge in [0.2, 0.25) is 0 Å². The van der Waals surface area contributed by atoms with Gasteiger partial charge >= 0.3 is 87.0 Å². The predicted octanol–water partition coefficient (Wildman–Crippen LogP) is 2.32. The van der Waals surface area contributed by atoms with Gasteiger partial charge in [-0.15, -0.1) is 0 Å². The SMILES string of the molecule is CCC[CH2][Ca][CH2]CCC.OP(O)O. The van der Waals surface area contributed by atoms with Gasteiger partial charge in [0, 0.05) is 0 Å². The Balaban J connectivity index is 0. The summed E-state index contributed by atoms with van der Waals surface area (Å²) in [5, 5.41) is 0. The molecule has 5 heteroatoms. The zero-order chi connectivity index (χ0) is 10.5. The molecule has 0 aliphatic heterocycles. The number of unbranched alkanes of at least 4 members (excludes halogenated alkanes) is 2. The number of hydrogen-bond donors (Lipinski definition) is 3. The van der Waals surface area contributed by atoms with Crippen LogP contribution in [-0.4, -0.2) is 48.5 Å². The Morgan fingerprint density at radius 3 is 1.46 bits per heavy atom. The van der Waals surface area contributed by atoms with Crippen molar-refractivity contribution in [1.29, 1.82) is 0 Å². The van der Waals surface area contributed by atoms with Crippen molar-refractivity contribution < 1.29 is 14.7 Å². The van der Waals surface area contributed by atoms with E-state index in [9.17, 15) is 0 Å². The minimum atomic E-state index is -2.62. The monoisotopic (exact) mass is 236 g/mol. The van der Waals surface area contributed by atoms with E-state index in [0.717, 1.165) is 0 Å². The standard InChI is InChI=1S/2C4H9.Ca.H3O3P/c2*1-3-4-2;;1-4(2)3/h2*1,3-4H2,2H3;;1-3H. The van der Waals surface area contributed by atoms with Crippen molar-refractivity contribution in [3.63, 3.8) is 0 Å². The third-order valence-electron chi connectivity index (χ3n) is 1.71. The summed E-state index contributed by atoms with van der Waals surface area (Å²) in [5.41, 5.74) is 0. The summed E-state index contributed by atoms with van der Waals surface area (Å²) < 4.78 is 3.28. The number of hydrogen-bond acceptors (Lipinski definition) is 3. The van der Waals surface area contributed by atoms with Crippen LogP contribution in [0.5, 0.6) is 0 Å². The maximum atomic E-state index is 7.23. The maximum Gasteiger partial charge on any atom is 0.324 e. The second kappa shape index (κ2) is 16.0. The first-order valence-corrected chi connectivity index (χ1v) is 9.34. The van der Waals surface area contributed by atoms with Crippen molar-refractivity contribution in [2.24, 2.45) is 0 Å². The van der Waals surface area contributed by atoms with Crippen LogP contribution in [0.2, 0.25) is 5.04 Å². The normalized spacial score (nSPS) is 9.08. The molecule has 0 saturated carbocycles. The first-order valence-electron chi connectivity index (χ1n) is 5.01. The topological polar surface area (TPSA) is 60.7 Å². The molecule has 0 radical (unpaired) electrons. The molecule has 78 valence electrons. The Bertz CT molecular complexity index is 75.0. The fraction of sp³-hybridized carbons (Fsp3) is 1.00. The smallest absolute Gasteiger partial charge is 0.324 e. The van der Waals surface area contributed by atoms with Gasteiger partial charge in [0.15, 0.2) is 0 Å². The fourth-order valence-corrected chi connectivity index (χ4v) is 4.25. The van der Waals surface area contributed by atoms with Gasteiger partial charge in [-0.3, -0.25) is 0 Å². The Labute approximate surface area is 101 Å². The fourth-order valence-electron chi connectivity index (χ4n) is 1.03. The van der Waals surface area contributed by atoms with E-state index >= 15 is 0 Å². The molecule has 0 aliphatic carbocycles. The van der Waals surface area contributed by atoms with Gasteiger partial charge in [0.05, 0.1) is 0 Å². The second-order valence-corrected chi connectivity index (χ2v) is 6.89. The molecule has 0 saturated heterocycles. The molecule has 3 N–H and O–H groups in total. The molecule has 0 aliphatic rings. The summed E-state index contributed by atoms with van der Waals surface area (Å²) in [5.74, 6) is 0. The summed E-state index contributed by atoms with van der Waals surface area (Å²) in [6, 6.07) is 0. The van der Waals surface area contributed by atoms with E-state index in [4.69, 9.17) is 14.7 Å². The van der Waals surface area contributed by atoms with Crippen molar-refractivity contribution in [1.82, 2.24) is 0 Å². The number of rotatable bonds is 6. The zero-order valence-corrected chi connectivity index (χ0v) is 11.8. The summed E-state index contributed by atoms with van der Waals surface area (Å²) in [4.78, 5) is 21.7. The molecule has 0 aromatic heterocycles. The zero-order valence-electron chi connectivity index (χ0n) is 8.74. The molecule has 0 atom stereocenters. The van der Waals surface area contributed by atoms with Gasteiger partial charge in [-0.25, -0.2) is 0 Å². The van der Waals surface area contributed by atoms with E-state index in [1.807, 2.05) is 0 Å². The van der Waals surface area contributed by atoms with Gasteiger partial charge in [0.1, 0.15) is 0 Å². The van der Waals surface area contributed by atoms with E-state index < -0.39 is 8.60 Å². The van der Waals surface area contributed by atoms with Crippen LogP contribution in [-0.2, 0) is 0 Å². The Kier molecular flexibility index (Phi) is 20.9. The summed E-state index contributed by atoms with van der Waals surface area (Å²) in [7, 11) is -2.62. The second-order valence-electron chi connectivity index (χ2n) is 3.04. The van der Waals surface area contributed by atoms with Crippen LogP contribution < -0.4 is 0 Å². The Morgan fingerprint density at radius 2 is 1.23 bits per heavy atom. The van der Waals surface area contributed by atoms with E-state index in [1.165, 1.54) is 25.7 Å². The third-order valence-corrected chi connectivity index (χ3v) is 4.83. The van der Waals surface area contributed by atoms with Crippen molar-refractivity contribution in [3.05, 3.63) is 0 Å². The molecule has 0 aromatic carbocycles. The van der Waals surface area contributed by atoms with Gasteiger partial charge in [0.25, 0.3) is 0 Å². The average Bonchev–Trinajstić information content (AvgIpc) is 2.03. The van der Waals surface area contributed by atoms with Crippen molar-refractivity contribution in [2.75, 3.05) is 0 Å². The maximum absolute atomic E-state index is 7.23. The molecule has 0 amide bonds. The minimum Gasteiger partial charge on any atom is -0.328 e. The molecule has 0 heterocycles. The van der Waals surface area contributed by atoms with E-state index in [0.29, 0.717) is 0 Å². The third kappa shape index (κ3) is 31.7. The van der Waals surface area contributed by atoms with Crippen LogP contribution in [0.3, 0.4) is 0 Å². The first kappa shape index (κ1) is 17.0. The van der Waals surface area contributed by atoms with Gasteiger partial charge < -0.3 is 14.7 Å². The molecule has 0 rings (SSSR count). The van der Waals surface area contributed by atoms with Crippen molar-refractivity contribution >= 4 is 42.4 Å². The van der Waals surface area contributed by atoms with Gasteiger partial charge in [-0.05, 0) is 0 Å². The van der Waals surface area contributed by atoms with Crippen LogP contribution in [0.15, 0.2) is 0 Å². The van der Waals surface area contributed by atoms with E-state index in [1.54, 1.807) is 5.04 Å². The molecule has 0 unspecified atom stereocenters. The summed E-state index contributed by atoms with van der Waals surface area (Å²) >= 11 is 0.0146. The van der Waals surface area contributed by atoms with E-state index in [2.05, 4.69) is 13.8 Å². The van der Waals surface area contributed by atoms with Gasteiger partial charge in [-0.2, -0.15) is 0 Å². The molecular weight excluding hydrogens is 215 g/mol. The molecule has 0 fully saturated rings. The summed E-state index contributed by atoms with van der Waals surface area (Å²) in [6.07, 6.45) is 5.86. The van der Waals surface area contributed by atoms with Crippen LogP contribution in [0, 0.1) is 0 Å². The molecule has 3 nitrogen and oxygen atoms in total. The first-order chi connectivity index (χ1) is 6.15. The minimum absolute atomic E-state index is 0.0146. The van der Waals surface area contributed by atoms with E-state index in [-0.39, 0.29) is 33.8 Å². The van der Waals surface area contributed by atoms with Crippen LogP contribution >= 0.6 is 8.60 Å². The largest absolute Gasteiger partial charge is 0.328 e. The van der Waals surface area contributed by atoms with Crippen molar-refractivity contribution in [2.45, 2.75) is 44.6 Å². The molecule has 0 aromatic rings. The quantitative estimate of drug-likeness (QED) is 0.377. The Hall–Kier alpha value is 1.57. The van der Waals surface area contributed by atoms with Crippen LogP contribution in [0.4, 0.5) is 0 Å². The van der Waals surface area contributed by atoms with Crippen LogP contribution in [0.25, 0.3) is 0 Å². The average molecular weight is 236 g/mol.